The van der Waals surface area contributed by atoms with E-state index in [1.807, 2.05) is 6.92 Å². The average molecular weight is 270 g/mol. The molecule has 0 saturated heterocycles. The lowest BCUT2D eigenvalue weighted by Crippen LogP contribution is -2.46. The molecular weight excluding hydrogens is 244 g/mol. The zero-order valence-electron chi connectivity index (χ0n) is 11.7. The van der Waals surface area contributed by atoms with Crippen LogP contribution < -0.4 is 11.1 Å². The van der Waals surface area contributed by atoms with Crippen LogP contribution in [0.3, 0.4) is 0 Å². The average Bonchev–Trinajstić information content (AvgIpc) is 2.36. The Morgan fingerprint density at radius 3 is 2.47 bits per heavy atom. The van der Waals surface area contributed by atoms with Crippen LogP contribution in [0.25, 0.3) is 0 Å². The molecule has 0 aliphatic heterocycles. The number of aliphatic carboxylic acids is 1. The largest absolute Gasteiger partial charge is 0.480 e. The molecule has 1 aliphatic carbocycles. The Labute approximate surface area is 114 Å². The van der Waals surface area contributed by atoms with Crippen LogP contribution >= 0.6 is 0 Å². The van der Waals surface area contributed by atoms with Gasteiger partial charge in [0.2, 0.25) is 5.91 Å². The molecule has 0 aromatic heterocycles. The lowest BCUT2D eigenvalue weighted by molar-refractivity contribution is -0.143. The number of carboxylic acids is 1. The van der Waals surface area contributed by atoms with Crippen LogP contribution in [0.15, 0.2) is 0 Å². The lowest BCUT2D eigenvalue weighted by atomic mass is 9.84. The van der Waals surface area contributed by atoms with Crippen LogP contribution in [0.5, 0.6) is 0 Å². The third kappa shape index (κ3) is 6.05. The first-order chi connectivity index (χ1) is 9.00. The summed E-state index contributed by atoms with van der Waals surface area (Å²) < 4.78 is 0. The Balaban J connectivity index is 2.39. The predicted molar refractivity (Wildman–Crippen MR) is 73.6 cm³/mol. The maximum Gasteiger partial charge on any atom is 0.326 e. The standard InChI is InChI=1S/C14H26N2O3/c1-10(15)6-5-9-12(17)16-13(14(18)19)11-7-3-2-4-8-11/h10-11,13H,2-9,15H2,1H3,(H,16,17)(H,18,19). The van der Waals surface area contributed by atoms with Gasteiger partial charge in [0, 0.05) is 12.5 Å². The van der Waals surface area contributed by atoms with E-state index in [2.05, 4.69) is 5.32 Å². The Kier molecular flexibility index (Phi) is 6.84. The van der Waals surface area contributed by atoms with Gasteiger partial charge in [0.25, 0.3) is 0 Å². The van der Waals surface area contributed by atoms with E-state index in [4.69, 9.17) is 5.73 Å². The number of carbonyl (C=O) groups excluding carboxylic acids is 1. The van der Waals surface area contributed by atoms with E-state index in [9.17, 15) is 14.7 Å². The molecule has 0 heterocycles. The summed E-state index contributed by atoms with van der Waals surface area (Å²) in [4.78, 5) is 23.0. The molecule has 19 heavy (non-hydrogen) atoms. The summed E-state index contributed by atoms with van der Waals surface area (Å²) in [5.74, 6) is -0.991. The Morgan fingerprint density at radius 2 is 1.95 bits per heavy atom. The molecular formula is C14H26N2O3. The van der Waals surface area contributed by atoms with Crippen molar-refractivity contribution < 1.29 is 14.7 Å². The van der Waals surface area contributed by atoms with Crippen molar-refractivity contribution in [3.8, 4) is 0 Å². The maximum absolute atomic E-state index is 11.8. The highest BCUT2D eigenvalue weighted by Crippen LogP contribution is 2.26. The van der Waals surface area contributed by atoms with Crippen LogP contribution in [0.2, 0.25) is 0 Å². The minimum absolute atomic E-state index is 0.0846. The van der Waals surface area contributed by atoms with Crippen molar-refractivity contribution in [2.45, 2.75) is 70.4 Å². The van der Waals surface area contributed by atoms with Gasteiger partial charge in [-0.15, -0.1) is 0 Å². The molecule has 5 nitrogen and oxygen atoms in total. The number of amides is 1. The summed E-state index contributed by atoms with van der Waals surface area (Å²) in [6.07, 6.45) is 6.95. The molecule has 1 saturated carbocycles. The van der Waals surface area contributed by atoms with E-state index in [0.29, 0.717) is 12.8 Å². The summed E-state index contributed by atoms with van der Waals surface area (Å²) in [6.45, 7) is 1.90. The van der Waals surface area contributed by atoms with E-state index in [-0.39, 0.29) is 17.9 Å². The number of hydrogen-bond donors (Lipinski definition) is 3. The molecule has 0 radical (unpaired) electrons. The van der Waals surface area contributed by atoms with Crippen LogP contribution in [0, 0.1) is 5.92 Å². The van der Waals surface area contributed by atoms with Gasteiger partial charge in [-0.3, -0.25) is 4.79 Å². The second kappa shape index (κ2) is 8.15. The topological polar surface area (TPSA) is 92.4 Å². The number of carbonyl (C=O) groups is 2. The zero-order chi connectivity index (χ0) is 14.3. The van der Waals surface area contributed by atoms with Gasteiger partial charge in [0.05, 0.1) is 0 Å². The number of hydrogen-bond acceptors (Lipinski definition) is 3. The number of carboxylic acid groups (broad SMARTS) is 1. The van der Waals surface area contributed by atoms with Crippen molar-refractivity contribution >= 4 is 11.9 Å². The van der Waals surface area contributed by atoms with Gasteiger partial charge in [-0.1, -0.05) is 19.3 Å². The Morgan fingerprint density at radius 1 is 1.32 bits per heavy atom. The highest BCUT2D eigenvalue weighted by Gasteiger charge is 2.30. The van der Waals surface area contributed by atoms with Crippen molar-refractivity contribution in [2.75, 3.05) is 0 Å². The first-order valence-electron chi connectivity index (χ1n) is 7.28. The second-order valence-electron chi connectivity index (χ2n) is 5.65. The highest BCUT2D eigenvalue weighted by atomic mass is 16.4. The molecule has 1 fully saturated rings. The number of rotatable bonds is 7. The first kappa shape index (κ1) is 16.0. The molecule has 0 bridgehead atoms. The van der Waals surface area contributed by atoms with E-state index < -0.39 is 12.0 Å². The Bertz CT molecular complexity index is 299. The molecule has 0 aromatic rings. The second-order valence-corrected chi connectivity index (χ2v) is 5.65. The van der Waals surface area contributed by atoms with E-state index in [1.165, 1.54) is 6.42 Å². The van der Waals surface area contributed by atoms with Gasteiger partial charge in [0.1, 0.15) is 6.04 Å². The normalized spacial score (nSPS) is 19.7. The van der Waals surface area contributed by atoms with Crippen molar-refractivity contribution in [3.63, 3.8) is 0 Å². The van der Waals surface area contributed by atoms with E-state index >= 15 is 0 Å². The summed E-state index contributed by atoms with van der Waals surface area (Å²) in [6, 6.07) is -0.635. The third-order valence-electron chi connectivity index (χ3n) is 3.77. The van der Waals surface area contributed by atoms with Crippen molar-refractivity contribution in [1.29, 1.82) is 0 Å². The molecule has 2 atom stereocenters. The fourth-order valence-corrected chi connectivity index (χ4v) is 2.68. The summed E-state index contributed by atoms with van der Waals surface area (Å²) in [5.41, 5.74) is 5.62. The van der Waals surface area contributed by atoms with Gasteiger partial charge < -0.3 is 16.2 Å². The third-order valence-corrected chi connectivity index (χ3v) is 3.77. The SMILES string of the molecule is CC(N)CCCC(=O)NC(C(=O)O)C1CCCCC1. The fourth-order valence-electron chi connectivity index (χ4n) is 2.68. The maximum atomic E-state index is 11.8. The fraction of sp³-hybridized carbons (Fsp3) is 0.857. The Hall–Kier alpha value is -1.10. The zero-order valence-corrected chi connectivity index (χ0v) is 11.7. The summed E-state index contributed by atoms with van der Waals surface area (Å²) >= 11 is 0. The van der Waals surface area contributed by atoms with Crippen molar-refractivity contribution in [3.05, 3.63) is 0 Å². The molecule has 2 unspecified atom stereocenters. The summed E-state index contributed by atoms with van der Waals surface area (Å²) in [7, 11) is 0. The molecule has 0 spiro atoms. The number of nitrogens with one attached hydrogen (secondary N) is 1. The molecule has 4 N–H and O–H groups in total. The van der Waals surface area contributed by atoms with Gasteiger partial charge in [-0.25, -0.2) is 4.79 Å². The molecule has 110 valence electrons. The van der Waals surface area contributed by atoms with E-state index in [1.54, 1.807) is 0 Å². The predicted octanol–water partition coefficient (Wildman–Crippen LogP) is 1.65. The van der Waals surface area contributed by atoms with Crippen molar-refractivity contribution in [2.24, 2.45) is 11.7 Å². The first-order valence-corrected chi connectivity index (χ1v) is 7.28. The van der Waals surface area contributed by atoms with Gasteiger partial charge in [0.15, 0.2) is 0 Å². The molecule has 0 aromatic carbocycles. The van der Waals surface area contributed by atoms with E-state index in [0.717, 1.165) is 32.1 Å². The minimum Gasteiger partial charge on any atom is -0.480 e. The highest BCUT2D eigenvalue weighted by molar-refractivity contribution is 5.83. The number of nitrogens with two attached hydrogens (primary N) is 1. The lowest BCUT2D eigenvalue weighted by Gasteiger charge is -2.28. The molecule has 5 heteroatoms. The monoisotopic (exact) mass is 270 g/mol. The van der Waals surface area contributed by atoms with Crippen LogP contribution in [0.4, 0.5) is 0 Å². The van der Waals surface area contributed by atoms with Crippen LogP contribution in [-0.4, -0.2) is 29.1 Å². The molecule has 1 aliphatic rings. The minimum atomic E-state index is -0.910. The van der Waals surface area contributed by atoms with Gasteiger partial charge in [-0.05, 0) is 38.5 Å². The summed E-state index contributed by atoms with van der Waals surface area (Å²) in [5, 5.41) is 11.9. The molecule has 1 amide bonds. The van der Waals surface area contributed by atoms with Gasteiger partial charge in [-0.2, -0.15) is 0 Å². The van der Waals surface area contributed by atoms with Crippen LogP contribution in [0.1, 0.15) is 58.3 Å². The quantitative estimate of drug-likeness (QED) is 0.656. The van der Waals surface area contributed by atoms with Crippen LogP contribution in [-0.2, 0) is 9.59 Å². The van der Waals surface area contributed by atoms with Crippen molar-refractivity contribution in [1.82, 2.24) is 5.32 Å². The smallest absolute Gasteiger partial charge is 0.326 e. The van der Waals surface area contributed by atoms with Gasteiger partial charge >= 0.3 is 5.97 Å². The molecule has 1 rings (SSSR count).